The summed E-state index contributed by atoms with van der Waals surface area (Å²) in [5, 5.41) is 0. The Morgan fingerprint density at radius 3 is 2.56 bits per heavy atom. The maximum absolute atomic E-state index is 13.6. The van der Waals surface area contributed by atoms with Crippen LogP contribution in [0.25, 0.3) is 0 Å². The minimum Gasteiger partial charge on any atom is -0.497 e. The molecule has 0 amide bonds. The lowest BCUT2D eigenvalue weighted by molar-refractivity contribution is 0.410. The van der Waals surface area contributed by atoms with Crippen LogP contribution in [0.15, 0.2) is 48.5 Å². The Labute approximate surface area is 106 Å². The van der Waals surface area contributed by atoms with E-state index in [4.69, 9.17) is 4.74 Å². The van der Waals surface area contributed by atoms with E-state index in [1.165, 1.54) is 13.2 Å². The highest BCUT2D eigenvalue weighted by Gasteiger charge is 2.03. The van der Waals surface area contributed by atoms with Gasteiger partial charge in [0.25, 0.3) is 0 Å². The van der Waals surface area contributed by atoms with Crippen molar-refractivity contribution in [1.29, 1.82) is 0 Å². The molecule has 2 rings (SSSR count). The fraction of sp³-hybridized carbons (Fsp3) is 0.143. The van der Waals surface area contributed by atoms with Gasteiger partial charge in [-0.15, -0.1) is 0 Å². The van der Waals surface area contributed by atoms with Crippen molar-refractivity contribution in [2.24, 2.45) is 0 Å². The highest BCUT2D eigenvalue weighted by molar-refractivity contribution is 5.41. The average Bonchev–Trinajstić information content (AvgIpc) is 2.42. The van der Waals surface area contributed by atoms with Gasteiger partial charge in [0.15, 0.2) is 0 Å². The molecule has 0 aliphatic heterocycles. The molecule has 0 heterocycles. The van der Waals surface area contributed by atoms with Gasteiger partial charge >= 0.3 is 0 Å². The molecule has 0 unspecified atom stereocenters. The van der Waals surface area contributed by atoms with Crippen LogP contribution < -0.4 is 15.6 Å². The van der Waals surface area contributed by atoms with Crippen LogP contribution in [0.1, 0.15) is 5.56 Å². The van der Waals surface area contributed by atoms with Gasteiger partial charge in [0, 0.05) is 23.9 Å². The number of ether oxygens (including phenoxy) is 1. The zero-order valence-electron chi connectivity index (χ0n) is 10.1. The van der Waals surface area contributed by atoms with Gasteiger partial charge in [-0.1, -0.05) is 24.3 Å². The van der Waals surface area contributed by atoms with Crippen LogP contribution in [0, 0.1) is 5.82 Å². The van der Waals surface area contributed by atoms with Crippen molar-refractivity contribution < 1.29 is 9.13 Å². The van der Waals surface area contributed by atoms with E-state index in [9.17, 15) is 4.39 Å². The third-order valence-electron chi connectivity index (χ3n) is 2.55. The number of anilines is 1. The van der Waals surface area contributed by atoms with E-state index in [0.29, 0.717) is 17.9 Å². The second-order valence-corrected chi connectivity index (χ2v) is 3.80. The molecule has 0 bridgehead atoms. The summed E-state index contributed by atoms with van der Waals surface area (Å²) >= 11 is 0. The summed E-state index contributed by atoms with van der Waals surface area (Å²) < 4.78 is 18.6. The van der Waals surface area contributed by atoms with Crippen LogP contribution >= 0.6 is 0 Å². The maximum Gasteiger partial charge on any atom is 0.131 e. The lowest BCUT2D eigenvalue weighted by Crippen LogP contribution is -2.21. The Hall–Kier alpha value is -2.07. The monoisotopic (exact) mass is 246 g/mol. The number of para-hydroxylation sites is 1. The van der Waals surface area contributed by atoms with Gasteiger partial charge in [-0.05, 0) is 18.2 Å². The van der Waals surface area contributed by atoms with Crippen molar-refractivity contribution in [3.63, 3.8) is 0 Å². The molecular formula is C14H15FN2O. The number of hydrogen-bond donors (Lipinski definition) is 2. The molecule has 0 aliphatic rings. The molecule has 2 aromatic rings. The normalized spacial score (nSPS) is 10.1. The van der Waals surface area contributed by atoms with Gasteiger partial charge in [-0.2, -0.15) is 0 Å². The van der Waals surface area contributed by atoms with Gasteiger partial charge in [-0.3, -0.25) is 0 Å². The van der Waals surface area contributed by atoms with Crippen LogP contribution in [0.3, 0.4) is 0 Å². The third kappa shape index (κ3) is 3.21. The summed E-state index contributed by atoms with van der Waals surface area (Å²) in [6, 6.07) is 14.5. The number of halogens is 1. The predicted octanol–water partition coefficient (Wildman–Crippen LogP) is 2.95. The Morgan fingerprint density at radius 2 is 1.89 bits per heavy atom. The molecule has 0 fully saturated rings. The number of methoxy groups -OCH3 is 1. The fourth-order valence-corrected chi connectivity index (χ4v) is 1.56. The molecule has 0 saturated heterocycles. The van der Waals surface area contributed by atoms with Crippen molar-refractivity contribution in [3.8, 4) is 5.75 Å². The van der Waals surface area contributed by atoms with Gasteiger partial charge in [-0.25, -0.2) is 9.82 Å². The SMILES string of the molecule is COc1ccc(CNNc2ccccc2)c(F)c1. The molecule has 3 nitrogen and oxygen atoms in total. The molecule has 0 spiro atoms. The number of rotatable bonds is 5. The first-order valence-electron chi connectivity index (χ1n) is 5.66. The van der Waals surface area contributed by atoms with E-state index >= 15 is 0 Å². The molecule has 0 saturated carbocycles. The highest BCUT2D eigenvalue weighted by Crippen LogP contribution is 2.16. The first-order chi connectivity index (χ1) is 8.79. The number of nitrogens with one attached hydrogen (secondary N) is 2. The van der Waals surface area contributed by atoms with Gasteiger partial charge in [0.2, 0.25) is 0 Å². The minimum absolute atomic E-state index is 0.281. The fourth-order valence-electron chi connectivity index (χ4n) is 1.56. The van der Waals surface area contributed by atoms with E-state index in [1.807, 2.05) is 30.3 Å². The predicted molar refractivity (Wildman–Crippen MR) is 69.9 cm³/mol. The van der Waals surface area contributed by atoms with Crippen LogP contribution in [0.4, 0.5) is 10.1 Å². The van der Waals surface area contributed by atoms with Crippen molar-refractivity contribution in [2.45, 2.75) is 6.54 Å². The zero-order chi connectivity index (χ0) is 12.8. The molecule has 0 radical (unpaired) electrons. The zero-order valence-corrected chi connectivity index (χ0v) is 10.1. The van der Waals surface area contributed by atoms with Crippen molar-refractivity contribution in [2.75, 3.05) is 12.5 Å². The summed E-state index contributed by atoms with van der Waals surface area (Å²) in [5.74, 6) is 0.240. The topological polar surface area (TPSA) is 33.3 Å². The van der Waals surface area contributed by atoms with Gasteiger partial charge in [0.1, 0.15) is 11.6 Å². The molecular weight excluding hydrogens is 231 g/mol. The van der Waals surface area contributed by atoms with E-state index in [0.717, 1.165) is 5.69 Å². The summed E-state index contributed by atoms with van der Waals surface area (Å²) in [7, 11) is 1.52. The van der Waals surface area contributed by atoms with Crippen molar-refractivity contribution >= 4 is 5.69 Å². The first-order valence-corrected chi connectivity index (χ1v) is 5.66. The first kappa shape index (κ1) is 12.4. The molecule has 2 aromatic carbocycles. The third-order valence-corrected chi connectivity index (χ3v) is 2.55. The minimum atomic E-state index is -0.281. The smallest absolute Gasteiger partial charge is 0.131 e. The number of benzene rings is 2. The summed E-state index contributed by atoms with van der Waals surface area (Å²) in [5.41, 5.74) is 7.49. The average molecular weight is 246 g/mol. The molecule has 0 aromatic heterocycles. The molecule has 0 atom stereocenters. The molecule has 0 aliphatic carbocycles. The lowest BCUT2D eigenvalue weighted by atomic mass is 10.2. The highest BCUT2D eigenvalue weighted by atomic mass is 19.1. The van der Waals surface area contributed by atoms with Crippen LogP contribution in [0.5, 0.6) is 5.75 Å². The Kier molecular flexibility index (Phi) is 4.15. The Bertz CT molecular complexity index is 502. The van der Waals surface area contributed by atoms with E-state index in [-0.39, 0.29) is 5.82 Å². The number of hydrogen-bond acceptors (Lipinski definition) is 3. The Morgan fingerprint density at radius 1 is 1.11 bits per heavy atom. The van der Waals surface area contributed by atoms with E-state index < -0.39 is 0 Å². The van der Waals surface area contributed by atoms with Crippen LogP contribution in [0.2, 0.25) is 0 Å². The largest absolute Gasteiger partial charge is 0.497 e. The van der Waals surface area contributed by atoms with Crippen LogP contribution in [-0.4, -0.2) is 7.11 Å². The standard InChI is InChI=1S/C14H15FN2O/c1-18-13-8-7-11(14(15)9-13)10-16-17-12-5-3-2-4-6-12/h2-9,16-17H,10H2,1H3. The second kappa shape index (κ2) is 6.02. The van der Waals surface area contributed by atoms with E-state index in [1.54, 1.807) is 12.1 Å². The molecule has 4 heteroatoms. The van der Waals surface area contributed by atoms with E-state index in [2.05, 4.69) is 10.9 Å². The summed E-state index contributed by atoms with van der Waals surface area (Å²) in [4.78, 5) is 0. The molecule has 18 heavy (non-hydrogen) atoms. The van der Waals surface area contributed by atoms with Crippen molar-refractivity contribution in [3.05, 3.63) is 59.9 Å². The molecule has 2 N–H and O–H groups in total. The van der Waals surface area contributed by atoms with Crippen LogP contribution in [-0.2, 0) is 6.54 Å². The molecule has 94 valence electrons. The number of hydrazine groups is 1. The maximum atomic E-state index is 13.6. The van der Waals surface area contributed by atoms with Crippen molar-refractivity contribution in [1.82, 2.24) is 5.43 Å². The lowest BCUT2D eigenvalue weighted by Gasteiger charge is -2.09. The van der Waals surface area contributed by atoms with Gasteiger partial charge in [0.05, 0.1) is 7.11 Å². The van der Waals surface area contributed by atoms with Gasteiger partial charge < -0.3 is 10.2 Å². The summed E-state index contributed by atoms with van der Waals surface area (Å²) in [6.45, 7) is 0.394. The Balaban J connectivity index is 1.91. The summed E-state index contributed by atoms with van der Waals surface area (Å²) in [6.07, 6.45) is 0. The second-order valence-electron chi connectivity index (χ2n) is 3.80. The quantitative estimate of drug-likeness (QED) is 0.796.